The van der Waals surface area contributed by atoms with Crippen LogP contribution in [0.3, 0.4) is 0 Å². The van der Waals surface area contributed by atoms with E-state index in [4.69, 9.17) is 0 Å². The van der Waals surface area contributed by atoms with Gasteiger partial charge in [0.05, 0.1) is 11.7 Å². The van der Waals surface area contributed by atoms with Gasteiger partial charge in [0.15, 0.2) is 0 Å². The number of nitrogens with zero attached hydrogens (tertiary/aromatic N) is 2. The van der Waals surface area contributed by atoms with Gasteiger partial charge >= 0.3 is 0 Å². The number of carbonyl (C=O) groups is 1. The molecule has 21 heavy (non-hydrogen) atoms. The molecule has 2 aromatic heterocycles. The predicted molar refractivity (Wildman–Crippen MR) is 83.8 cm³/mol. The molecule has 112 valence electrons. The second kappa shape index (κ2) is 5.60. The van der Waals surface area contributed by atoms with Crippen LogP contribution in [0.1, 0.15) is 37.1 Å². The fourth-order valence-corrected chi connectivity index (χ4v) is 4.04. The number of carbonyl (C=O) groups excluding carboxylic acids is 1. The van der Waals surface area contributed by atoms with E-state index in [2.05, 4.69) is 10.3 Å². The molecule has 0 aromatic carbocycles. The highest BCUT2D eigenvalue weighted by molar-refractivity contribution is 7.18. The van der Waals surface area contributed by atoms with Crippen LogP contribution in [0, 0.1) is 0 Å². The molecule has 0 radical (unpaired) electrons. The minimum absolute atomic E-state index is 0.0323. The summed E-state index contributed by atoms with van der Waals surface area (Å²) in [6.07, 6.45) is 5.80. The number of fused-ring (bicyclic) bond motifs is 3. The maximum atomic E-state index is 12.6. The van der Waals surface area contributed by atoms with Crippen molar-refractivity contribution in [2.75, 3.05) is 0 Å². The van der Waals surface area contributed by atoms with Gasteiger partial charge in [0.2, 0.25) is 5.91 Å². The molecule has 5 nitrogen and oxygen atoms in total. The summed E-state index contributed by atoms with van der Waals surface area (Å²) in [7, 11) is 0. The van der Waals surface area contributed by atoms with E-state index in [1.807, 2.05) is 13.8 Å². The Balaban J connectivity index is 2.00. The first-order valence-electron chi connectivity index (χ1n) is 7.35. The summed E-state index contributed by atoms with van der Waals surface area (Å²) in [6, 6.07) is 0.0683. The number of aromatic nitrogens is 2. The number of aryl methyl sites for hydroxylation is 2. The normalized spacial score (nSPS) is 14.4. The monoisotopic (exact) mass is 305 g/mol. The molecule has 2 heterocycles. The van der Waals surface area contributed by atoms with Crippen molar-refractivity contribution in [2.45, 2.75) is 52.1 Å². The molecule has 3 rings (SSSR count). The summed E-state index contributed by atoms with van der Waals surface area (Å²) in [4.78, 5) is 31.0. The van der Waals surface area contributed by atoms with Gasteiger partial charge in [0.25, 0.3) is 5.56 Å². The highest BCUT2D eigenvalue weighted by Gasteiger charge is 2.20. The molecule has 0 bridgehead atoms. The number of nitrogens with one attached hydrogen (secondary N) is 1. The Labute approximate surface area is 127 Å². The molecule has 0 atom stereocenters. The van der Waals surface area contributed by atoms with Crippen LogP contribution in [0.15, 0.2) is 11.1 Å². The van der Waals surface area contributed by atoms with Crippen LogP contribution in [0.5, 0.6) is 0 Å². The average Bonchev–Trinajstić information content (AvgIpc) is 2.80. The van der Waals surface area contributed by atoms with Gasteiger partial charge in [0, 0.05) is 10.9 Å². The molecule has 0 unspecified atom stereocenters. The summed E-state index contributed by atoms with van der Waals surface area (Å²) in [5, 5.41) is 3.53. The Morgan fingerprint density at radius 1 is 1.43 bits per heavy atom. The van der Waals surface area contributed by atoms with Gasteiger partial charge in [-0.2, -0.15) is 0 Å². The van der Waals surface area contributed by atoms with Crippen molar-refractivity contribution < 1.29 is 4.79 Å². The lowest BCUT2D eigenvalue weighted by Gasteiger charge is -2.11. The number of rotatable bonds is 3. The van der Waals surface area contributed by atoms with Gasteiger partial charge in [-0.05, 0) is 45.1 Å². The van der Waals surface area contributed by atoms with Gasteiger partial charge in [0.1, 0.15) is 11.4 Å². The van der Waals surface area contributed by atoms with Gasteiger partial charge < -0.3 is 5.32 Å². The van der Waals surface area contributed by atoms with E-state index in [1.165, 1.54) is 22.2 Å². The van der Waals surface area contributed by atoms with Crippen LogP contribution >= 0.6 is 11.3 Å². The first-order valence-corrected chi connectivity index (χ1v) is 8.17. The maximum Gasteiger partial charge on any atom is 0.262 e. The molecule has 0 fully saturated rings. The van der Waals surface area contributed by atoms with Crippen LogP contribution in [-0.4, -0.2) is 21.5 Å². The second-order valence-corrected chi connectivity index (χ2v) is 6.87. The largest absolute Gasteiger partial charge is 0.352 e. The van der Waals surface area contributed by atoms with Gasteiger partial charge in [-0.1, -0.05) is 0 Å². The quantitative estimate of drug-likeness (QED) is 0.941. The molecule has 1 aliphatic carbocycles. The van der Waals surface area contributed by atoms with Crippen molar-refractivity contribution in [3.05, 3.63) is 27.1 Å². The highest BCUT2D eigenvalue weighted by Crippen LogP contribution is 2.33. The fraction of sp³-hybridized carbons (Fsp3) is 0.533. The number of amides is 1. The Hall–Kier alpha value is -1.69. The standard InChI is InChI=1S/C15H19N3O2S/c1-9(2)17-12(19)7-18-8-16-14-13(15(18)20)10-5-3-4-6-11(10)21-14/h8-9H,3-7H2,1-2H3,(H,17,19). The first-order chi connectivity index (χ1) is 10.1. The van der Waals surface area contributed by atoms with E-state index in [0.29, 0.717) is 0 Å². The lowest BCUT2D eigenvalue weighted by Crippen LogP contribution is -2.36. The summed E-state index contributed by atoms with van der Waals surface area (Å²) >= 11 is 1.63. The summed E-state index contributed by atoms with van der Waals surface area (Å²) in [6.45, 7) is 3.83. The van der Waals surface area contributed by atoms with E-state index >= 15 is 0 Å². The minimum atomic E-state index is -0.155. The molecular weight excluding hydrogens is 286 g/mol. The van der Waals surface area contributed by atoms with Crippen LogP contribution in [0.25, 0.3) is 10.2 Å². The zero-order valence-electron chi connectivity index (χ0n) is 12.3. The Bertz CT molecular complexity index is 745. The minimum Gasteiger partial charge on any atom is -0.352 e. The lowest BCUT2D eigenvalue weighted by molar-refractivity contribution is -0.122. The zero-order valence-corrected chi connectivity index (χ0v) is 13.1. The molecule has 0 aliphatic heterocycles. The zero-order chi connectivity index (χ0) is 15.0. The van der Waals surface area contributed by atoms with Crippen LogP contribution in [-0.2, 0) is 24.2 Å². The Morgan fingerprint density at radius 2 is 2.19 bits per heavy atom. The Kier molecular flexibility index (Phi) is 3.80. The van der Waals surface area contributed by atoms with E-state index < -0.39 is 0 Å². The van der Waals surface area contributed by atoms with Crippen molar-refractivity contribution in [3.8, 4) is 0 Å². The van der Waals surface area contributed by atoms with Crippen molar-refractivity contribution in [1.82, 2.24) is 14.9 Å². The van der Waals surface area contributed by atoms with Gasteiger partial charge in [-0.15, -0.1) is 11.3 Å². The van der Waals surface area contributed by atoms with Crippen molar-refractivity contribution in [2.24, 2.45) is 0 Å². The number of thiophene rings is 1. The van der Waals surface area contributed by atoms with E-state index in [-0.39, 0.29) is 24.1 Å². The molecule has 0 saturated heterocycles. The summed E-state index contributed by atoms with van der Waals surface area (Å²) in [5.74, 6) is -0.155. The van der Waals surface area contributed by atoms with Gasteiger partial charge in [-0.25, -0.2) is 4.98 Å². The van der Waals surface area contributed by atoms with Crippen molar-refractivity contribution in [3.63, 3.8) is 0 Å². The molecule has 2 aromatic rings. The Morgan fingerprint density at radius 3 is 2.95 bits per heavy atom. The van der Waals surface area contributed by atoms with Crippen LogP contribution < -0.4 is 10.9 Å². The highest BCUT2D eigenvalue weighted by atomic mass is 32.1. The molecule has 0 spiro atoms. The maximum absolute atomic E-state index is 12.6. The van der Waals surface area contributed by atoms with Crippen LogP contribution in [0.2, 0.25) is 0 Å². The molecular formula is C15H19N3O2S. The summed E-state index contributed by atoms with van der Waals surface area (Å²) in [5.41, 5.74) is 1.08. The van der Waals surface area contributed by atoms with Crippen molar-refractivity contribution >= 4 is 27.5 Å². The smallest absolute Gasteiger partial charge is 0.262 e. The second-order valence-electron chi connectivity index (χ2n) is 5.79. The van der Waals surface area contributed by atoms with E-state index in [9.17, 15) is 9.59 Å². The first kappa shape index (κ1) is 14.3. The summed E-state index contributed by atoms with van der Waals surface area (Å²) < 4.78 is 1.42. The van der Waals surface area contributed by atoms with Crippen LogP contribution in [0.4, 0.5) is 0 Å². The predicted octanol–water partition coefficient (Wildman–Crippen LogP) is 1.86. The average molecular weight is 305 g/mol. The third-order valence-corrected chi connectivity index (χ3v) is 4.91. The SMILES string of the molecule is CC(C)NC(=O)Cn1cnc2sc3c(c2c1=O)CCCC3. The number of hydrogen-bond acceptors (Lipinski definition) is 4. The molecule has 1 aliphatic rings. The molecule has 0 saturated carbocycles. The molecule has 1 amide bonds. The van der Waals surface area contributed by atoms with Crippen molar-refractivity contribution in [1.29, 1.82) is 0 Å². The third-order valence-electron chi connectivity index (χ3n) is 3.71. The lowest BCUT2D eigenvalue weighted by atomic mass is 9.97. The molecule has 6 heteroatoms. The fourth-order valence-electron chi connectivity index (χ4n) is 2.82. The van der Waals surface area contributed by atoms with E-state index in [1.54, 1.807) is 11.3 Å². The number of hydrogen-bond donors (Lipinski definition) is 1. The third kappa shape index (κ3) is 2.72. The van der Waals surface area contributed by atoms with E-state index in [0.717, 1.165) is 35.0 Å². The van der Waals surface area contributed by atoms with Gasteiger partial charge in [-0.3, -0.25) is 14.2 Å². The topological polar surface area (TPSA) is 64.0 Å². The molecule has 1 N–H and O–H groups in total.